The number of carbonyl (C=O) groups excluding carboxylic acids is 1. The third-order valence-electron chi connectivity index (χ3n) is 2.56. The molecule has 0 aliphatic heterocycles. The Morgan fingerprint density at radius 2 is 1.89 bits per heavy atom. The normalized spacial score (nSPS) is 9.37. The molecule has 0 aliphatic carbocycles. The van der Waals surface area contributed by atoms with E-state index in [1.165, 1.54) is 0 Å². The van der Waals surface area contributed by atoms with Crippen LogP contribution in [-0.2, 0) is 0 Å². The van der Waals surface area contributed by atoms with Gasteiger partial charge >= 0.3 is 5.91 Å². The van der Waals surface area contributed by atoms with Crippen LogP contribution < -0.4 is 27.2 Å². The van der Waals surface area contributed by atoms with E-state index in [9.17, 15) is 4.79 Å². The van der Waals surface area contributed by atoms with Crippen molar-refractivity contribution in [2.24, 2.45) is 0 Å². The van der Waals surface area contributed by atoms with Gasteiger partial charge in [-0.3, -0.25) is 4.79 Å². The molecule has 1 heterocycles. The summed E-state index contributed by atoms with van der Waals surface area (Å²) in [5.74, 6) is 0.485. The molecule has 0 unspecified atom stereocenters. The highest BCUT2D eigenvalue weighted by Gasteiger charge is 2.10. The monoisotopic (exact) mass is 278 g/mol. The zero-order valence-electron chi connectivity index (χ0n) is 10.8. The highest BCUT2D eigenvalue weighted by molar-refractivity contribution is 5.99. The summed E-state index contributed by atoms with van der Waals surface area (Å²) >= 11 is 0. The molecule has 0 atom stereocenters. The molecular weight excluding hydrogens is 264 g/mol. The summed E-state index contributed by atoms with van der Waals surface area (Å²) in [5.41, 5.74) is 4.46. The highest BCUT2D eigenvalue weighted by atomic mass is 35.5. The van der Waals surface area contributed by atoms with E-state index in [2.05, 4.69) is 5.43 Å². The minimum Gasteiger partial charge on any atom is -1.00 e. The van der Waals surface area contributed by atoms with Gasteiger partial charge < -0.3 is 17.1 Å². The molecule has 0 aliphatic rings. The van der Waals surface area contributed by atoms with Crippen LogP contribution in [0.15, 0.2) is 48.8 Å². The van der Waals surface area contributed by atoms with Gasteiger partial charge in [-0.05, 0) is 30.7 Å². The van der Waals surface area contributed by atoms with Crippen LogP contribution >= 0.6 is 0 Å². The molecule has 2 rings (SSSR count). The molecule has 2 aromatic rings. The van der Waals surface area contributed by atoms with Gasteiger partial charge in [0.2, 0.25) is 0 Å². The minimum absolute atomic E-state index is 0. The number of carbonyl (C=O) groups is 1. The topological polar surface area (TPSA) is 42.2 Å². The molecule has 0 saturated carbocycles. The number of methoxy groups -OCH3 is 1. The second-order valence-electron chi connectivity index (χ2n) is 3.96. The van der Waals surface area contributed by atoms with Crippen molar-refractivity contribution in [3.05, 3.63) is 59.9 Å². The quantitative estimate of drug-likeness (QED) is 0.708. The molecule has 100 valence electrons. The Labute approximate surface area is 118 Å². The van der Waals surface area contributed by atoms with E-state index in [-0.39, 0.29) is 18.3 Å². The summed E-state index contributed by atoms with van der Waals surface area (Å²) in [7, 11) is 1.58. The Hall–Kier alpha value is -2.07. The molecule has 5 heteroatoms. The molecular formula is C14H15ClN2O2. The maximum atomic E-state index is 12.0. The van der Waals surface area contributed by atoms with Gasteiger partial charge in [0.25, 0.3) is 0 Å². The number of amides is 1. The van der Waals surface area contributed by atoms with Crippen molar-refractivity contribution < 1.29 is 26.6 Å². The predicted molar refractivity (Wildman–Crippen MR) is 68.1 cm³/mol. The van der Waals surface area contributed by atoms with E-state index >= 15 is 0 Å². The molecule has 4 nitrogen and oxygen atoms in total. The highest BCUT2D eigenvalue weighted by Crippen LogP contribution is 2.12. The van der Waals surface area contributed by atoms with Crippen molar-refractivity contribution >= 4 is 5.91 Å². The third kappa shape index (κ3) is 3.96. The van der Waals surface area contributed by atoms with Gasteiger partial charge in [-0.1, -0.05) is 10.7 Å². The Balaban J connectivity index is 0.00000180. The van der Waals surface area contributed by atoms with E-state index in [4.69, 9.17) is 4.74 Å². The number of nitrogens with one attached hydrogen (secondary N) is 1. The number of nitrogens with zero attached hydrogens (tertiary/aromatic N) is 1. The number of halogens is 1. The standard InChI is InChI=1S/C14H14N2O2.ClH/c1-11-6-8-16(9-7-11)15-14(17)12-4-3-5-13(10-12)18-2;/h3-10H,1-2H3;1H. The molecule has 0 bridgehead atoms. The van der Waals surface area contributed by atoms with E-state index in [0.29, 0.717) is 11.3 Å². The third-order valence-corrected chi connectivity index (χ3v) is 2.56. The van der Waals surface area contributed by atoms with Crippen LogP contribution in [0.3, 0.4) is 0 Å². The fourth-order valence-electron chi connectivity index (χ4n) is 1.52. The molecule has 0 spiro atoms. The van der Waals surface area contributed by atoms with Crippen LogP contribution in [0.1, 0.15) is 15.9 Å². The van der Waals surface area contributed by atoms with Crippen LogP contribution in [0.25, 0.3) is 0 Å². The van der Waals surface area contributed by atoms with Crippen LogP contribution in [0.2, 0.25) is 0 Å². The predicted octanol–water partition coefficient (Wildman–Crippen LogP) is -1.32. The fraction of sp³-hybridized carbons (Fsp3) is 0.143. The maximum Gasteiger partial charge on any atom is 0.305 e. The Morgan fingerprint density at radius 3 is 2.53 bits per heavy atom. The largest absolute Gasteiger partial charge is 1.00 e. The number of hydrogen-bond acceptors (Lipinski definition) is 2. The van der Waals surface area contributed by atoms with Crippen molar-refractivity contribution in [2.45, 2.75) is 6.92 Å². The minimum atomic E-state index is -0.178. The lowest BCUT2D eigenvalue weighted by atomic mass is 10.2. The summed E-state index contributed by atoms with van der Waals surface area (Å²) in [5, 5.41) is 0. The lowest BCUT2D eigenvalue weighted by Crippen LogP contribution is -3.00. The van der Waals surface area contributed by atoms with Gasteiger partial charge in [-0.15, -0.1) is 5.43 Å². The summed E-state index contributed by atoms with van der Waals surface area (Å²) in [6, 6.07) is 10.9. The number of hydrogen-bond donors (Lipinski definition) is 1. The molecule has 1 amide bonds. The second-order valence-corrected chi connectivity index (χ2v) is 3.96. The molecule has 0 saturated heterocycles. The lowest BCUT2D eigenvalue weighted by molar-refractivity contribution is -0.641. The zero-order valence-corrected chi connectivity index (χ0v) is 11.5. The number of rotatable bonds is 3. The Morgan fingerprint density at radius 1 is 1.21 bits per heavy atom. The smallest absolute Gasteiger partial charge is 0.305 e. The Bertz CT molecular complexity index is 556. The van der Waals surface area contributed by atoms with E-state index in [1.54, 1.807) is 48.4 Å². The van der Waals surface area contributed by atoms with Gasteiger partial charge in [-0.2, -0.15) is 0 Å². The van der Waals surface area contributed by atoms with Crippen molar-refractivity contribution in [2.75, 3.05) is 12.5 Å². The maximum absolute atomic E-state index is 12.0. The summed E-state index contributed by atoms with van der Waals surface area (Å²) < 4.78 is 6.70. The Kier molecular flexibility index (Phi) is 5.33. The molecule has 1 N–H and O–H groups in total. The van der Waals surface area contributed by atoms with Crippen molar-refractivity contribution in [3.63, 3.8) is 0 Å². The first-order valence-electron chi connectivity index (χ1n) is 5.62. The van der Waals surface area contributed by atoms with Gasteiger partial charge in [0.1, 0.15) is 5.75 Å². The number of aromatic nitrogens is 1. The average Bonchev–Trinajstić information content (AvgIpc) is 2.41. The molecule has 0 fully saturated rings. The molecule has 19 heavy (non-hydrogen) atoms. The summed E-state index contributed by atoms with van der Waals surface area (Å²) in [6.07, 6.45) is 3.60. The lowest BCUT2D eigenvalue weighted by Gasteiger charge is -2.03. The summed E-state index contributed by atoms with van der Waals surface area (Å²) in [6.45, 7) is 1.99. The van der Waals surface area contributed by atoms with Gasteiger partial charge in [0.15, 0.2) is 12.4 Å². The molecule has 1 aromatic heterocycles. The van der Waals surface area contributed by atoms with Crippen LogP contribution in [-0.4, -0.2) is 13.0 Å². The van der Waals surface area contributed by atoms with Gasteiger partial charge in [0.05, 0.1) is 7.11 Å². The molecule has 1 aromatic carbocycles. The number of aryl methyl sites for hydroxylation is 1. The second kappa shape index (κ2) is 6.75. The fourth-order valence-corrected chi connectivity index (χ4v) is 1.52. The van der Waals surface area contributed by atoms with E-state index in [1.807, 2.05) is 19.1 Å². The SMILES string of the molecule is COc1cccc(C(=O)N[n+]2ccc(C)cc2)c1.[Cl-]. The van der Waals surface area contributed by atoms with Crippen molar-refractivity contribution in [1.82, 2.24) is 0 Å². The first kappa shape index (κ1) is 15.0. The van der Waals surface area contributed by atoms with E-state index < -0.39 is 0 Å². The zero-order chi connectivity index (χ0) is 13.0. The molecule has 0 radical (unpaired) electrons. The van der Waals surface area contributed by atoms with E-state index in [0.717, 1.165) is 5.56 Å². The average molecular weight is 279 g/mol. The van der Waals surface area contributed by atoms with Gasteiger partial charge in [0, 0.05) is 17.7 Å². The van der Waals surface area contributed by atoms with Crippen LogP contribution in [0, 0.1) is 6.92 Å². The summed E-state index contributed by atoms with van der Waals surface area (Å²) in [4.78, 5) is 12.0. The van der Waals surface area contributed by atoms with Crippen LogP contribution in [0.4, 0.5) is 0 Å². The van der Waals surface area contributed by atoms with Gasteiger partial charge in [-0.25, -0.2) is 0 Å². The number of benzene rings is 1. The first-order chi connectivity index (χ1) is 8.69. The number of ether oxygens (including phenoxy) is 1. The first-order valence-corrected chi connectivity index (χ1v) is 5.62. The van der Waals surface area contributed by atoms with Crippen LogP contribution in [0.5, 0.6) is 5.75 Å². The number of pyridine rings is 1. The van der Waals surface area contributed by atoms with Crippen molar-refractivity contribution in [1.29, 1.82) is 0 Å². The van der Waals surface area contributed by atoms with Crippen molar-refractivity contribution in [3.8, 4) is 5.75 Å².